The summed E-state index contributed by atoms with van der Waals surface area (Å²) < 4.78 is 15.1. The van der Waals surface area contributed by atoms with Crippen LogP contribution in [0.2, 0.25) is 5.02 Å². The minimum Gasteiger partial charge on any atom is -0.495 e. The zero-order valence-corrected chi connectivity index (χ0v) is 13.8. The SMILES string of the molecule is COC(=O)CC(C)(CC(=O)Nc1cc(Cl)ccc1OC)OC. The minimum atomic E-state index is -0.955. The lowest BCUT2D eigenvalue weighted by molar-refractivity contribution is -0.147. The Bertz CT molecular complexity index is 549. The lowest BCUT2D eigenvalue weighted by Crippen LogP contribution is -2.35. The van der Waals surface area contributed by atoms with Crippen LogP contribution in [-0.4, -0.2) is 38.8 Å². The second-order valence-electron chi connectivity index (χ2n) is 4.98. The molecule has 1 aromatic rings. The summed E-state index contributed by atoms with van der Waals surface area (Å²) in [5.74, 6) is -0.281. The molecule has 0 heterocycles. The fourth-order valence-corrected chi connectivity index (χ4v) is 2.07. The molecular formula is C15H20ClNO5. The first-order chi connectivity index (χ1) is 10.3. The molecule has 1 amide bonds. The Labute approximate surface area is 134 Å². The highest BCUT2D eigenvalue weighted by Gasteiger charge is 2.31. The van der Waals surface area contributed by atoms with Crippen LogP contribution in [0.15, 0.2) is 18.2 Å². The molecule has 0 aromatic heterocycles. The zero-order valence-electron chi connectivity index (χ0n) is 13.1. The quantitative estimate of drug-likeness (QED) is 0.778. The Kier molecular flexibility index (Phi) is 6.64. The van der Waals surface area contributed by atoms with Gasteiger partial charge in [-0.25, -0.2) is 0 Å². The molecule has 1 unspecified atom stereocenters. The number of anilines is 1. The summed E-state index contributed by atoms with van der Waals surface area (Å²) in [5.41, 5.74) is -0.500. The minimum absolute atomic E-state index is 0.0196. The molecule has 0 saturated carbocycles. The van der Waals surface area contributed by atoms with E-state index in [9.17, 15) is 9.59 Å². The molecule has 0 bridgehead atoms. The number of rotatable bonds is 7. The van der Waals surface area contributed by atoms with E-state index < -0.39 is 11.6 Å². The first-order valence-electron chi connectivity index (χ1n) is 6.59. The lowest BCUT2D eigenvalue weighted by Gasteiger charge is -2.26. The fourth-order valence-electron chi connectivity index (χ4n) is 1.90. The Morgan fingerprint density at radius 3 is 2.45 bits per heavy atom. The van der Waals surface area contributed by atoms with Gasteiger partial charge in [-0.15, -0.1) is 0 Å². The third kappa shape index (κ3) is 5.20. The maximum atomic E-state index is 12.2. The smallest absolute Gasteiger partial charge is 0.308 e. The maximum absolute atomic E-state index is 12.2. The van der Waals surface area contributed by atoms with Crippen LogP contribution in [-0.2, 0) is 19.1 Å². The van der Waals surface area contributed by atoms with E-state index in [4.69, 9.17) is 21.1 Å². The number of amides is 1. The van der Waals surface area contributed by atoms with Crippen LogP contribution >= 0.6 is 11.6 Å². The summed E-state index contributed by atoms with van der Waals surface area (Å²) in [4.78, 5) is 23.6. The lowest BCUT2D eigenvalue weighted by atomic mass is 9.97. The zero-order chi connectivity index (χ0) is 16.8. The molecule has 7 heteroatoms. The number of esters is 1. The van der Waals surface area contributed by atoms with Crippen molar-refractivity contribution in [1.29, 1.82) is 0 Å². The molecule has 0 aliphatic heterocycles. The van der Waals surface area contributed by atoms with Crippen molar-refractivity contribution in [3.05, 3.63) is 23.2 Å². The van der Waals surface area contributed by atoms with Crippen molar-refractivity contribution in [2.45, 2.75) is 25.4 Å². The van der Waals surface area contributed by atoms with Crippen LogP contribution in [0.4, 0.5) is 5.69 Å². The van der Waals surface area contributed by atoms with Crippen LogP contribution in [0.3, 0.4) is 0 Å². The van der Waals surface area contributed by atoms with E-state index >= 15 is 0 Å². The summed E-state index contributed by atoms with van der Waals surface area (Å²) in [5, 5.41) is 3.18. The van der Waals surface area contributed by atoms with Gasteiger partial charge >= 0.3 is 5.97 Å². The summed E-state index contributed by atoms with van der Waals surface area (Å²) in [6.45, 7) is 1.67. The van der Waals surface area contributed by atoms with Crippen LogP contribution in [0.1, 0.15) is 19.8 Å². The number of benzene rings is 1. The van der Waals surface area contributed by atoms with E-state index in [2.05, 4.69) is 10.1 Å². The van der Waals surface area contributed by atoms with Gasteiger partial charge in [0.2, 0.25) is 5.91 Å². The second kappa shape index (κ2) is 8.00. The topological polar surface area (TPSA) is 73.9 Å². The molecule has 0 radical (unpaired) electrons. The van der Waals surface area contributed by atoms with Gasteiger partial charge in [0, 0.05) is 12.1 Å². The Hall–Kier alpha value is -1.79. The average Bonchev–Trinajstić information content (AvgIpc) is 2.47. The van der Waals surface area contributed by atoms with Gasteiger partial charge in [0.1, 0.15) is 5.75 Å². The number of carbonyl (C=O) groups excluding carboxylic acids is 2. The van der Waals surface area contributed by atoms with E-state index in [-0.39, 0.29) is 18.7 Å². The molecule has 1 aromatic carbocycles. The van der Waals surface area contributed by atoms with Gasteiger partial charge in [0.25, 0.3) is 0 Å². The van der Waals surface area contributed by atoms with Crippen LogP contribution in [0, 0.1) is 0 Å². The van der Waals surface area contributed by atoms with E-state index in [1.54, 1.807) is 25.1 Å². The van der Waals surface area contributed by atoms with Gasteiger partial charge in [-0.1, -0.05) is 11.6 Å². The van der Waals surface area contributed by atoms with Gasteiger partial charge < -0.3 is 19.5 Å². The molecule has 1 rings (SSSR count). The predicted molar refractivity (Wildman–Crippen MR) is 83.3 cm³/mol. The molecule has 1 N–H and O–H groups in total. The first kappa shape index (κ1) is 18.3. The largest absolute Gasteiger partial charge is 0.495 e. The van der Waals surface area contributed by atoms with Crippen LogP contribution < -0.4 is 10.1 Å². The number of hydrogen-bond acceptors (Lipinski definition) is 5. The second-order valence-corrected chi connectivity index (χ2v) is 5.41. The molecule has 6 nitrogen and oxygen atoms in total. The summed E-state index contributed by atoms with van der Waals surface area (Å²) in [7, 11) is 4.22. The van der Waals surface area contributed by atoms with Crippen molar-refractivity contribution >= 4 is 29.2 Å². The number of ether oxygens (including phenoxy) is 3. The van der Waals surface area contributed by atoms with Crippen molar-refractivity contribution in [3.63, 3.8) is 0 Å². The monoisotopic (exact) mass is 329 g/mol. The standard InChI is InChI=1S/C15H20ClNO5/c1-15(22-4,9-14(19)21-3)8-13(18)17-11-7-10(16)5-6-12(11)20-2/h5-7H,8-9H2,1-4H3,(H,17,18). The predicted octanol–water partition coefficient (Wildman–Crippen LogP) is 2.65. The van der Waals surface area contributed by atoms with Gasteiger partial charge in [-0.2, -0.15) is 0 Å². The highest BCUT2D eigenvalue weighted by Crippen LogP contribution is 2.29. The molecule has 122 valence electrons. The average molecular weight is 330 g/mol. The Balaban J connectivity index is 2.80. The van der Waals surface area contributed by atoms with E-state index in [1.807, 2.05) is 0 Å². The maximum Gasteiger partial charge on any atom is 0.308 e. The van der Waals surface area contributed by atoms with E-state index in [0.717, 1.165) is 0 Å². The van der Waals surface area contributed by atoms with Crippen molar-refractivity contribution in [2.75, 3.05) is 26.6 Å². The van der Waals surface area contributed by atoms with Crippen molar-refractivity contribution in [2.24, 2.45) is 0 Å². The first-order valence-corrected chi connectivity index (χ1v) is 6.96. The summed E-state index contributed by atoms with van der Waals surface area (Å²) >= 11 is 5.91. The molecule has 0 aliphatic rings. The Morgan fingerprint density at radius 1 is 1.23 bits per heavy atom. The molecule has 1 atom stereocenters. The van der Waals surface area contributed by atoms with Crippen LogP contribution in [0.5, 0.6) is 5.75 Å². The molecular weight excluding hydrogens is 310 g/mol. The number of methoxy groups -OCH3 is 3. The molecule has 0 aliphatic carbocycles. The number of nitrogens with one attached hydrogen (secondary N) is 1. The molecule has 22 heavy (non-hydrogen) atoms. The number of carbonyl (C=O) groups is 2. The Morgan fingerprint density at radius 2 is 1.91 bits per heavy atom. The third-order valence-corrected chi connectivity index (χ3v) is 3.44. The van der Waals surface area contributed by atoms with Gasteiger partial charge in [-0.05, 0) is 25.1 Å². The molecule has 0 fully saturated rings. The molecule has 0 saturated heterocycles. The normalized spacial score (nSPS) is 13.1. The van der Waals surface area contributed by atoms with Gasteiger partial charge in [0.05, 0.1) is 38.3 Å². The summed E-state index contributed by atoms with van der Waals surface area (Å²) in [6.07, 6.45) is -0.0473. The van der Waals surface area contributed by atoms with Crippen molar-refractivity contribution < 1.29 is 23.8 Å². The van der Waals surface area contributed by atoms with E-state index in [0.29, 0.717) is 16.5 Å². The third-order valence-electron chi connectivity index (χ3n) is 3.21. The van der Waals surface area contributed by atoms with E-state index in [1.165, 1.54) is 21.3 Å². The number of halogens is 1. The fraction of sp³-hybridized carbons (Fsp3) is 0.467. The molecule has 0 spiro atoms. The highest BCUT2D eigenvalue weighted by atomic mass is 35.5. The van der Waals surface area contributed by atoms with Crippen molar-refractivity contribution in [1.82, 2.24) is 0 Å². The highest BCUT2D eigenvalue weighted by molar-refractivity contribution is 6.31. The van der Waals surface area contributed by atoms with Gasteiger partial charge in [0.15, 0.2) is 0 Å². The summed E-state index contributed by atoms with van der Waals surface area (Å²) in [6, 6.07) is 4.90. The number of hydrogen-bond donors (Lipinski definition) is 1. The van der Waals surface area contributed by atoms with Crippen LogP contribution in [0.25, 0.3) is 0 Å². The van der Waals surface area contributed by atoms with Crippen molar-refractivity contribution in [3.8, 4) is 5.75 Å². The van der Waals surface area contributed by atoms with Gasteiger partial charge in [-0.3, -0.25) is 9.59 Å².